The average molecular weight is 329 g/mol. The SMILES string of the molecule is C=CCCNC1CCC(C(=O)NCc2ccc(N(C)C)cc2)CC1. The van der Waals surface area contributed by atoms with Gasteiger partial charge in [0.25, 0.3) is 0 Å². The van der Waals surface area contributed by atoms with E-state index < -0.39 is 0 Å². The van der Waals surface area contributed by atoms with Crippen LogP contribution >= 0.6 is 0 Å². The van der Waals surface area contributed by atoms with Crippen LogP contribution in [0.25, 0.3) is 0 Å². The predicted molar refractivity (Wildman–Crippen MR) is 101 cm³/mol. The Morgan fingerprint density at radius 1 is 1.21 bits per heavy atom. The maximum Gasteiger partial charge on any atom is 0.223 e. The summed E-state index contributed by atoms with van der Waals surface area (Å²) < 4.78 is 0. The molecule has 0 unspecified atom stereocenters. The summed E-state index contributed by atoms with van der Waals surface area (Å²) in [6.07, 6.45) is 7.10. The van der Waals surface area contributed by atoms with Crippen LogP contribution in [0.5, 0.6) is 0 Å². The normalized spacial score (nSPS) is 20.4. The Morgan fingerprint density at radius 3 is 2.46 bits per heavy atom. The molecule has 1 amide bonds. The third-order valence-electron chi connectivity index (χ3n) is 4.80. The number of anilines is 1. The number of carbonyl (C=O) groups is 1. The van der Waals surface area contributed by atoms with E-state index in [4.69, 9.17) is 0 Å². The molecule has 4 heteroatoms. The van der Waals surface area contributed by atoms with Gasteiger partial charge in [-0.3, -0.25) is 4.79 Å². The highest BCUT2D eigenvalue weighted by Crippen LogP contribution is 2.24. The highest BCUT2D eigenvalue weighted by Gasteiger charge is 2.25. The van der Waals surface area contributed by atoms with Crippen LogP contribution < -0.4 is 15.5 Å². The fourth-order valence-electron chi connectivity index (χ4n) is 3.19. The smallest absolute Gasteiger partial charge is 0.223 e. The van der Waals surface area contributed by atoms with Gasteiger partial charge in [0.15, 0.2) is 0 Å². The summed E-state index contributed by atoms with van der Waals surface area (Å²) in [5.41, 5.74) is 2.32. The summed E-state index contributed by atoms with van der Waals surface area (Å²) in [6, 6.07) is 8.89. The van der Waals surface area contributed by atoms with Crippen LogP contribution in [-0.4, -0.2) is 32.6 Å². The largest absolute Gasteiger partial charge is 0.378 e. The van der Waals surface area contributed by atoms with Gasteiger partial charge in [-0.25, -0.2) is 0 Å². The Morgan fingerprint density at radius 2 is 1.88 bits per heavy atom. The zero-order valence-corrected chi connectivity index (χ0v) is 15.1. The van der Waals surface area contributed by atoms with Crippen molar-refractivity contribution in [2.24, 2.45) is 5.92 Å². The lowest BCUT2D eigenvalue weighted by atomic mass is 9.85. The number of amides is 1. The number of nitrogens with one attached hydrogen (secondary N) is 2. The number of nitrogens with zero attached hydrogens (tertiary/aromatic N) is 1. The van der Waals surface area contributed by atoms with Gasteiger partial charge < -0.3 is 15.5 Å². The Labute approximate surface area is 146 Å². The van der Waals surface area contributed by atoms with Crippen molar-refractivity contribution in [2.75, 3.05) is 25.5 Å². The minimum atomic E-state index is 0.170. The number of rotatable bonds is 8. The van der Waals surface area contributed by atoms with Crippen molar-refractivity contribution < 1.29 is 4.79 Å². The van der Waals surface area contributed by atoms with Gasteiger partial charge >= 0.3 is 0 Å². The lowest BCUT2D eigenvalue weighted by molar-refractivity contribution is -0.126. The third-order valence-corrected chi connectivity index (χ3v) is 4.80. The van der Waals surface area contributed by atoms with Gasteiger partial charge in [-0.05, 0) is 56.3 Å². The summed E-state index contributed by atoms with van der Waals surface area (Å²) in [7, 11) is 4.05. The van der Waals surface area contributed by atoms with Crippen molar-refractivity contribution in [3.05, 3.63) is 42.5 Å². The van der Waals surface area contributed by atoms with E-state index in [1.807, 2.05) is 20.2 Å². The van der Waals surface area contributed by atoms with Crippen molar-refractivity contribution in [3.63, 3.8) is 0 Å². The van der Waals surface area contributed by atoms with E-state index in [2.05, 4.69) is 46.4 Å². The van der Waals surface area contributed by atoms with Crippen molar-refractivity contribution in [1.29, 1.82) is 0 Å². The molecule has 1 aromatic rings. The van der Waals surface area contributed by atoms with Crippen LogP contribution in [0.15, 0.2) is 36.9 Å². The molecule has 1 aliphatic carbocycles. The predicted octanol–water partition coefficient (Wildman–Crippen LogP) is 3.09. The minimum Gasteiger partial charge on any atom is -0.378 e. The zero-order valence-electron chi connectivity index (χ0n) is 15.1. The van der Waals surface area contributed by atoms with Crippen LogP contribution in [0.4, 0.5) is 5.69 Å². The summed E-state index contributed by atoms with van der Waals surface area (Å²) in [5.74, 6) is 0.375. The second-order valence-corrected chi connectivity index (χ2v) is 6.86. The standard InChI is InChI=1S/C20H31N3O/c1-4-5-14-21-18-10-8-17(9-11-18)20(24)22-15-16-6-12-19(13-7-16)23(2)3/h4,6-7,12-13,17-18,21H,1,5,8-11,14-15H2,2-3H3,(H,22,24). The topological polar surface area (TPSA) is 44.4 Å². The lowest BCUT2D eigenvalue weighted by Gasteiger charge is -2.28. The Balaban J connectivity index is 1.70. The maximum atomic E-state index is 12.4. The number of hydrogen-bond acceptors (Lipinski definition) is 3. The summed E-state index contributed by atoms with van der Waals surface area (Å²) >= 11 is 0. The molecule has 0 saturated heterocycles. The first-order valence-corrected chi connectivity index (χ1v) is 8.98. The quantitative estimate of drug-likeness (QED) is 0.569. The van der Waals surface area contributed by atoms with E-state index in [-0.39, 0.29) is 11.8 Å². The van der Waals surface area contributed by atoms with Crippen LogP contribution in [0.2, 0.25) is 0 Å². The second-order valence-electron chi connectivity index (χ2n) is 6.86. The van der Waals surface area contributed by atoms with Gasteiger partial charge in [-0.15, -0.1) is 6.58 Å². The minimum absolute atomic E-state index is 0.170. The fraction of sp³-hybridized carbons (Fsp3) is 0.550. The molecular weight excluding hydrogens is 298 g/mol. The second kappa shape index (κ2) is 9.48. The Kier molecular flexibility index (Phi) is 7.32. The van der Waals surface area contributed by atoms with E-state index >= 15 is 0 Å². The highest BCUT2D eigenvalue weighted by atomic mass is 16.1. The lowest BCUT2D eigenvalue weighted by Crippen LogP contribution is -2.38. The average Bonchev–Trinajstić information content (AvgIpc) is 2.61. The van der Waals surface area contributed by atoms with E-state index in [0.717, 1.165) is 44.2 Å². The molecule has 0 bridgehead atoms. The first-order valence-electron chi connectivity index (χ1n) is 8.98. The summed E-state index contributed by atoms with van der Waals surface area (Å²) in [4.78, 5) is 14.4. The highest BCUT2D eigenvalue weighted by molar-refractivity contribution is 5.78. The molecule has 4 nitrogen and oxygen atoms in total. The summed E-state index contributed by atoms with van der Waals surface area (Å²) in [5, 5.41) is 6.65. The van der Waals surface area contributed by atoms with Crippen molar-refractivity contribution in [2.45, 2.75) is 44.7 Å². The van der Waals surface area contributed by atoms with Gasteiger partial charge in [-0.2, -0.15) is 0 Å². The molecular formula is C20H31N3O. The molecule has 0 heterocycles. The molecule has 1 aliphatic rings. The van der Waals surface area contributed by atoms with Gasteiger partial charge in [0.05, 0.1) is 0 Å². The van der Waals surface area contributed by atoms with E-state index in [9.17, 15) is 4.79 Å². The Bertz CT molecular complexity index is 516. The van der Waals surface area contributed by atoms with Gasteiger partial charge in [0.1, 0.15) is 0 Å². The van der Waals surface area contributed by atoms with E-state index in [0.29, 0.717) is 12.6 Å². The zero-order chi connectivity index (χ0) is 17.4. The maximum absolute atomic E-state index is 12.4. The van der Waals surface area contributed by atoms with E-state index in [1.165, 1.54) is 5.69 Å². The van der Waals surface area contributed by atoms with Crippen molar-refractivity contribution >= 4 is 11.6 Å². The molecule has 24 heavy (non-hydrogen) atoms. The van der Waals surface area contributed by atoms with Gasteiger partial charge in [-0.1, -0.05) is 18.2 Å². The first kappa shape index (κ1) is 18.5. The molecule has 0 atom stereocenters. The van der Waals surface area contributed by atoms with Crippen molar-refractivity contribution in [1.82, 2.24) is 10.6 Å². The number of hydrogen-bond donors (Lipinski definition) is 2. The molecule has 1 saturated carbocycles. The first-order chi connectivity index (χ1) is 11.6. The molecule has 2 N–H and O–H groups in total. The molecule has 0 radical (unpaired) electrons. The number of carbonyl (C=O) groups excluding carboxylic acids is 1. The number of benzene rings is 1. The summed E-state index contributed by atoms with van der Waals surface area (Å²) in [6.45, 7) is 5.35. The third kappa shape index (κ3) is 5.68. The molecule has 0 spiro atoms. The Hall–Kier alpha value is -1.81. The van der Waals surface area contributed by atoms with Gasteiger partial charge in [0.2, 0.25) is 5.91 Å². The monoisotopic (exact) mass is 329 g/mol. The van der Waals surface area contributed by atoms with Crippen molar-refractivity contribution in [3.8, 4) is 0 Å². The van der Waals surface area contributed by atoms with Crippen LogP contribution in [0, 0.1) is 5.92 Å². The van der Waals surface area contributed by atoms with Gasteiger partial charge in [0, 0.05) is 38.3 Å². The van der Waals surface area contributed by atoms with E-state index in [1.54, 1.807) is 0 Å². The molecule has 0 aliphatic heterocycles. The fourth-order valence-corrected chi connectivity index (χ4v) is 3.19. The molecule has 0 aromatic heterocycles. The molecule has 132 valence electrons. The molecule has 1 aromatic carbocycles. The van der Waals surface area contributed by atoms with Crippen LogP contribution in [0.3, 0.4) is 0 Å². The molecule has 2 rings (SSSR count). The molecule has 1 fully saturated rings. The van der Waals surface area contributed by atoms with Crippen LogP contribution in [0.1, 0.15) is 37.7 Å². The van der Waals surface area contributed by atoms with Crippen LogP contribution in [-0.2, 0) is 11.3 Å².